The Labute approximate surface area is 138 Å². The summed E-state index contributed by atoms with van der Waals surface area (Å²) in [5, 5.41) is 15.5. The highest BCUT2D eigenvalue weighted by molar-refractivity contribution is 8.00. The van der Waals surface area contributed by atoms with Crippen LogP contribution in [0.15, 0.2) is 17.4 Å². The maximum Gasteiger partial charge on any atom is 0.238 e. The Kier molecular flexibility index (Phi) is 4.29. The third-order valence-electron chi connectivity index (χ3n) is 3.70. The molecule has 1 saturated carbocycles. The number of carbonyl (C=O) groups is 1. The summed E-state index contributed by atoms with van der Waals surface area (Å²) < 4.78 is 3.27. The minimum Gasteiger partial charge on any atom is -0.336 e. The Bertz CT molecular complexity index is 704. The number of aromatic nitrogens is 5. The van der Waals surface area contributed by atoms with Crippen molar-refractivity contribution in [1.29, 1.82) is 0 Å². The van der Waals surface area contributed by atoms with Gasteiger partial charge in [-0.15, -0.1) is 10.2 Å². The number of amides is 1. The highest BCUT2D eigenvalue weighted by Gasteiger charge is 2.30. The molecule has 0 aliphatic heterocycles. The van der Waals surface area contributed by atoms with Crippen molar-refractivity contribution in [2.75, 3.05) is 11.2 Å². The number of anilines is 1. The summed E-state index contributed by atoms with van der Waals surface area (Å²) in [6.45, 7) is 5.84. The molecular formula is C14H21N7OS. The molecule has 1 aliphatic rings. The van der Waals surface area contributed by atoms with Crippen LogP contribution in [-0.4, -0.2) is 35.8 Å². The zero-order chi connectivity index (χ0) is 16.6. The first-order valence-electron chi connectivity index (χ1n) is 7.68. The van der Waals surface area contributed by atoms with Gasteiger partial charge in [0.1, 0.15) is 5.82 Å². The molecule has 1 atom stereocenters. The van der Waals surface area contributed by atoms with Crippen molar-refractivity contribution in [3.8, 4) is 0 Å². The number of hydrogen-bond donors (Lipinski definition) is 2. The Morgan fingerprint density at radius 3 is 2.78 bits per heavy atom. The average Bonchev–Trinajstić information content (AvgIpc) is 3.13. The van der Waals surface area contributed by atoms with Crippen molar-refractivity contribution in [3.63, 3.8) is 0 Å². The molecule has 1 fully saturated rings. The van der Waals surface area contributed by atoms with E-state index in [0.717, 1.165) is 18.7 Å². The van der Waals surface area contributed by atoms with Crippen LogP contribution in [0.2, 0.25) is 0 Å². The zero-order valence-electron chi connectivity index (χ0n) is 13.4. The number of rotatable bonds is 6. The fourth-order valence-corrected chi connectivity index (χ4v) is 3.03. The second kappa shape index (κ2) is 6.23. The number of carbonyl (C=O) groups excluding carboxylic acids is 1. The fraction of sp³-hybridized carbons (Fsp3) is 0.571. The number of nitrogens with zero attached hydrogens (tertiary/aromatic N) is 5. The van der Waals surface area contributed by atoms with Crippen molar-refractivity contribution >= 4 is 23.5 Å². The summed E-state index contributed by atoms with van der Waals surface area (Å²) in [6, 6.07) is 1.96. The van der Waals surface area contributed by atoms with Gasteiger partial charge in [0.2, 0.25) is 11.1 Å². The van der Waals surface area contributed by atoms with Crippen LogP contribution in [-0.2, 0) is 4.79 Å². The lowest BCUT2D eigenvalue weighted by Gasteiger charge is -2.14. The van der Waals surface area contributed by atoms with E-state index in [9.17, 15) is 4.79 Å². The number of nitrogen functional groups attached to an aromatic ring is 1. The van der Waals surface area contributed by atoms with Gasteiger partial charge < -0.3 is 11.2 Å². The average molecular weight is 335 g/mol. The van der Waals surface area contributed by atoms with Crippen LogP contribution < -0.4 is 11.2 Å². The molecule has 1 aliphatic carbocycles. The first-order chi connectivity index (χ1) is 11.0. The van der Waals surface area contributed by atoms with Crippen LogP contribution in [0, 0.1) is 0 Å². The lowest BCUT2D eigenvalue weighted by molar-refractivity contribution is -0.115. The minimum absolute atomic E-state index is 0.117. The van der Waals surface area contributed by atoms with Crippen molar-refractivity contribution in [2.24, 2.45) is 0 Å². The molecule has 3 N–H and O–H groups in total. The van der Waals surface area contributed by atoms with Crippen molar-refractivity contribution in [2.45, 2.75) is 56.0 Å². The van der Waals surface area contributed by atoms with Crippen molar-refractivity contribution in [1.82, 2.24) is 24.7 Å². The molecule has 1 amide bonds. The molecular weight excluding hydrogens is 314 g/mol. The van der Waals surface area contributed by atoms with Gasteiger partial charge in [0.25, 0.3) is 0 Å². The van der Waals surface area contributed by atoms with Crippen LogP contribution in [0.1, 0.15) is 51.4 Å². The number of nitrogens with one attached hydrogen (secondary N) is 1. The third-order valence-corrected chi connectivity index (χ3v) is 4.75. The highest BCUT2D eigenvalue weighted by Crippen LogP contribution is 2.39. The Morgan fingerprint density at radius 2 is 2.13 bits per heavy atom. The standard InChI is InChI=1S/C14H21N7OS/c1-8(2)21-11(6-7-16-21)17-13(22)9(3)23-14-19-18-12(20(14)15)10-4-5-10/h6-10H,4-5,15H2,1-3H3,(H,17,22)/t9-/m0/s1. The fourth-order valence-electron chi connectivity index (χ4n) is 2.25. The van der Waals surface area contributed by atoms with Crippen LogP contribution in [0.5, 0.6) is 0 Å². The summed E-state index contributed by atoms with van der Waals surface area (Å²) in [6.07, 6.45) is 3.89. The maximum atomic E-state index is 12.4. The van der Waals surface area contributed by atoms with Gasteiger partial charge in [-0.2, -0.15) is 5.10 Å². The molecule has 8 nitrogen and oxygen atoms in total. The molecule has 0 unspecified atom stereocenters. The number of hydrogen-bond acceptors (Lipinski definition) is 6. The minimum atomic E-state index is -0.343. The summed E-state index contributed by atoms with van der Waals surface area (Å²) in [7, 11) is 0. The largest absolute Gasteiger partial charge is 0.336 e. The molecule has 0 spiro atoms. The van der Waals surface area contributed by atoms with E-state index in [0.29, 0.717) is 16.9 Å². The van der Waals surface area contributed by atoms with Gasteiger partial charge >= 0.3 is 0 Å². The second-order valence-corrected chi connectivity index (χ2v) is 7.30. The molecule has 124 valence electrons. The van der Waals surface area contributed by atoms with Gasteiger partial charge in [0, 0.05) is 18.0 Å². The van der Waals surface area contributed by atoms with Gasteiger partial charge in [0.05, 0.1) is 11.4 Å². The molecule has 0 bridgehead atoms. The topological polar surface area (TPSA) is 104 Å². The quantitative estimate of drug-likeness (QED) is 0.616. The van der Waals surface area contributed by atoms with Gasteiger partial charge in [-0.05, 0) is 33.6 Å². The smallest absolute Gasteiger partial charge is 0.238 e. The Morgan fingerprint density at radius 1 is 1.39 bits per heavy atom. The van der Waals surface area contributed by atoms with E-state index in [-0.39, 0.29) is 17.2 Å². The highest BCUT2D eigenvalue weighted by atomic mass is 32.2. The first-order valence-corrected chi connectivity index (χ1v) is 8.56. The maximum absolute atomic E-state index is 12.4. The third kappa shape index (κ3) is 3.34. The van der Waals surface area contributed by atoms with E-state index in [1.165, 1.54) is 16.4 Å². The Balaban J connectivity index is 1.64. The molecule has 2 heterocycles. The molecule has 0 radical (unpaired) electrons. The summed E-state index contributed by atoms with van der Waals surface area (Å²) in [5.74, 6) is 7.81. The van der Waals surface area contributed by atoms with E-state index < -0.39 is 0 Å². The van der Waals surface area contributed by atoms with Crippen LogP contribution in [0.25, 0.3) is 0 Å². The summed E-state index contributed by atoms with van der Waals surface area (Å²) in [4.78, 5) is 12.4. The SMILES string of the molecule is CC(C)n1nccc1NC(=O)[C@H](C)Sc1nnc(C2CC2)n1N. The lowest BCUT2D eigenvalue weighted by atomic mass is 10.4. The summed E-state index contributed by atoms with van der Waals surface area (Å²) in [5.41, 5.74) is 0. The second-order valence-electron chi connectivity index (χ2n) is 5.99. The molecule has 2 aromatic heterocycles. The van der Waals surface area contributed by atoms with E-state index in [4.69, 9.17) is 5.84 Å². The van der Waals surface area contributed by atoms with E-state index >= 15 is 0 Å². The normalized spacial score (nSPS) is 15.8. The molecule has 0 saturated heterocycles. The number of thioether (sulfide) groups is 1. The molecule has 9 heteroatoms. The molecule has 3 rings (SSSR count). The predicted octanol–water partition coefficient (Wildman–Crippen LogP) is 1.77. The van der Waals surface area contributed by atoms with E-state index in [2.05, 4.69) is 20.6 Å². The lowest BCUT2D eigenvalue weighted by Crippen LogP contribution is -2.25. The van der Waals surface area contributed by atoms with Gasteiger partial charge in [0.15, 0.2) is 5.82 Å². The van der Waals surface area contributed by atoms with E-state index in [1.54, 1.807) is 16.9 Å². The van der Waals surface area contributed by atoms with Crippen LogP contribution in [0.4, 0.5) is 5.82 Å². The van der Waals surface area contributed by atoms with Gasteiger partial charge in [-0.25, -0.2) is 9.36 Å². The molecule has 0 aromatic carbocycles. The molecule has 23 heavy (non-hydrogen) atoms. The van der Waals surface area contributed by atoms with E-state index in [1.807, 2.05) is 20.8 Å². The number of nitrogens with two attached hydrogens (primary N) is 1. The van der Waals surface area contributed by atoms with Crippen molar-refractivity contribution < 1.29 is 4.79 Å². The Hall–Kier alpha value is -2.03. The van der Waals surface area contributed by atoms with Gasteiger partial charge in [-0.1, -0.05) is 11.8 Å². The zero-order valence-corrected chi connectivity index (χ0v) is 14.2. The predicted molar refractivity (Wildman–Crippen MR) is 88.7 cm³/mol. The first kappa shape index (κ1) is 15.9. The van der Waals surface area contributed by atoms with Crippen LogP contribution >= 0.6 is 11.8 Å². The summed E-state index contributed by atoms with van der Waals surface area (Å²) >= 11 is 1.30. The monoisotopic (exact) mass is 335 g/mol. The van der Waals surface area contributed by atoms with Gasteiger partial charge in [-0.3, -0.25) is 4.79 Å². The van der Waals surface area contributed by atoms with Crippen molar-refractivity contribution in [3.05, 3.63) is 18.1 Å². The molecule has 2 aromatic rings. The van der Waals surface area contributed by atoms with Crippen LogP contribution in [0.3, 0.4) is 0 Å².